The number of aliphatic hydroxyl groups excluding tert-OH is 1. The summed E-state index contributed by atoms with van der Waals surface area (Å²) < 4.78 is 64.6. The molecule has 5 aliphatic rings. The number of fused-ring (bicyclic) bond motifs is 4. The van der Waals surface area contributed by atoms with Crippen molar-refractivity contribution in [1.29, 1.82) is 0 Å². The van der Waals surface area contributed by atoms with Crippen LogP contribution in [0.4, 0.5) is 13.2 Å². The number of ketones is 2. The molecular formula is C42H48F3N3O7. The number of halogens is 3. The molecule has 1 saturated heterocycles. The Morgan fingerprint density at radius 3 is 2.44 bits per heavy atom. The van der Waals surface area contributed by atoms with Gasteiger partial charge >= 0.3 is 6.18 Å². The van der Waals surface area contributed by atoms with E-state index in [0.29, 0.717) is 38.8 Å². The zero-order chi connectivity index (χ0) is 38.6. The SMILES string of the molecule is CCCCOc1cc(C2CCCN2Cc2ccccc2)c(C(F)(F)F)c2c1C(O)=C1C(=O)[C@]3(O)C(=O)c4c(OCCCC)noc4[C@@H](NC4CC4)[C@@H]3C[C@@H]1C2. The molecule has 1 unspecified atom stereocenters. The van der Waals surface area contributed by atoms with Crippen molar-refractivity contribution in [2.75, 3.05) is 19.8 Å². The molecular weight excluding hydrogens is 715 g/mol. The fraction of sp³-hybridized carbons (Fsp3) is 0.548. The molecule has 294 valence electrons. The summed E-state index contributed by atoms with van der Waals surface area (Å²) >= 11 is 0. The van der Waals surface area contributed by atoms with Crippen LogP contribution in [0, 0.1) is 11.8 Å². The number of hydrogen-bond donors (Lipinski definition) is 3. The number of alkyl halides is 3. The first-order chi connectivity index (χ1) is 26.5. The fourth-order valence-corrected chi connectivity index (χ4v) is 9.28. The zero-order valence-corrected chi connectivity index (χ0v) is 31.2. The zero-order valence-electron chi connectivity index (χ0n) is 31.2. The molecule has 4 aliphatic carbocycles. The third-order valence-corrected chi connectivity index (χ3v) is 12.1. The minimum atomic E-state index is -4.81. The van der Waals surface area contributed by atoms with Crippen molar-refractivity contribution in [2.45, 2.75) is 115 Å². The summed E-state index contributed by atoms with van der Waals surface area (Å²) in [5, 5.41) is 32.0. The molecule has 3 aromatic rings. The third kappa shape index (κ3) is 6.55. The number of carbonyl (C=O) groups is 2. The lowest BCUT2D eigenvalue weighted by molar-refractivity contribution is -0.141. The van der Waals surface area contributed by atoms with Crippen molar-refractivity contribution in [3.63, 3.8) is 0 Å². The topological polar surface area (TPSA) is 134 Å². The average molecular weight is 764 g/mol. The number of unbranched alkanes of at least 4 members (excludes halogenated alkanes) is 2. The molecule has 2 aromatic carbocycles. The minimum absolute atomic E-state index is 0.0323. The first kappa shape index (κ1) is 37.7. The Balaban J connectivity index is 1.26. The second-order valence-electron chi connectivity index (χ2n) is 15.8. The highest BCUT2D eigenvalue weighted by Crippen LogP contribution is 2.57. The predicted molar refractivity (Wildman–Crippen MR) is 196 cm³/mol. The van der Waals surface area contributed by atoms with Gasteiger partial charge in [0.05, 0.1) is 30.4 Å². The number of ether oxygens (including phenoxy) is 2. The molecule has 3 N–H and O–H groups in total. The summed E-state index contributed by atoms with van der Waals surface area (Å²) in [6.45, 7) is 5.44. The Labute approximate surface area is 318 Å². The summed E-state index contributed by atoms with van der Waals surface area (Å²) in [6.07, 6.45) is 0.618. The minimum Gasteiger partial charge on any atom is -0.507 e. The summed E-state index contributed by atoms with van der Waals surface area (Å²) in [4.78, 5) is 31.2. The van der Waals surface area contributed by atoms with Crippen LogP contribution in [0.5, 0.6) is 11.6 Å². The molecule has 0 bridgehead atoms. The van der Waals surface area contributed by atoms with E-state index < -0.39 is 58.6 Å². The van der Waals surface area contributed by atoms with Gasteiger partial charge in [-0.25, -0.2) is 0 Å². The highest BCUT2D eigenvalue weighted by molar-refractivity contribution is 6.26. The average Bonchev–Trinajstić information content (AvgIpc) is 3.69. The summed E-state index contributed by atoms with van der Waals surface area (Å²) in [7, 11) is 0. The van der Waals surface area contributed by atoms with Crippen molar-refractivity contribution < 1.29 is 47.0 Å². The van der Waals surface area contributed by atoms with Crippen molar-refractivity contribution in [1.82, 2.24) is 15.4 Å². The van der Waals surface area contributed by atoms with E-state index in [2.05, 4.69) is 15.4 Å². The Morgan fingerprint density at radius 2 is 1.75 bits per heavy atom. The standard InChI is InChI=1S/C42H48F3N3O7/c1-3-5-17-53-30-21-26(29-13-10-16-48(29)22-23-11-8-7-9-12-23)34(42(43,44)45)27-19-24-20-28-35(46-25-14-15-25)37-33(40(47-55-37)54-18-6-4-2)39(51)41(28,52)38(50)31(24)36(49)32(27)30/h7-9,11-12,21,24-25,28-29,35,46,49,52H,3-6,10,13-20,22H2,1-2H3/t24-,28-,29?,35-,41-/m0/s1. The maximum absolute atomic E-state index is 15.6. The molecule has 5 atom stereocenters. The lowest BCUT2D eigenvalue weighted by Crippen LogP contribution is -2.63. The largest absolute Gasteiger partial charge is 0.507 e. The van der Waals surface area contributed by atoms with Crippen LogP contribution in [0.3, 0.4) is 0 Å². The van der Waals surface area contributed by atoms with E-state index >= 15 is 13.2 Å². The lowest BCUT2D eigenvalue weighted by atomic mass is 9.57. The summed E-state index contributed by atoms with van der Waals surface area (Å²) in [6, 6.07) is 9.66. The molecule has 55 heavy (non-hydrogen) atoms. The number of rotatable bonds is 13. The number of aromatic nitrogens is 1. The molecule has 13 heteroatoms. The van der Waals surface area contributed by atoms with Gasteiger partial charge in [-0.1, -0.05) is 57.0 Å². The molecule has 1 aromatic heterocycles. The number of aliphatic hydroxyl groups is 2. The molecule has 2 saturated carbocycles. The highest BCUT2D eigenvalue weighted by Gasteiger charge is 2.66. The quantitative estimate of drug-likeness (QED) is 0.117. The normalized spacial score (nSPS) is 26.4. The summed E-state index contributed by atoms with van der Waals surface area (Å²) in [5.41, 5.74) is -3.11. The van der Waals surface area contributed by atoms with Crippen molar-refractivity contribution in [3.05, 3.63) is 81.1 Å². The third-order valence-electron chi connectivity index (χ3n) is 12.1. The van der Waals surface area contributed by atoms with Crippen molar-refractivity contribution in [3.8, 4) is 11.6 Å². The van der Waals surface area contributed by atoms with E-state index in [4.69, 9.17) is 14.0 Å². The predicted octanol–water partition coefficient (Wildman–Crippen LogP) is 7.84. The second kappa shape index (κ2) is 14.7. The monoisotopic (exact) mass is 763 g/mol. The molecule has 8 rings (SSSR count). The van der Waals surface area contributed by atoms with Crippen LogP contribution >= 0.6 is 0 Å². The molecule has 1 aliphatic heterocycles. The van der Waals surface area contributed by atoms with Crippen LogP contribution in [0.1, 0.15) is 128 Å². The van der Waals surface area contributed by atoms with Crippen LogP contribution in [-0.2, 0) is 23.9 Å². The van der Waals surface area contributed by atoms with Gasteiger partial charge in [0, 0.05) is 30.1 Å². The van der Waals surface area contributed by atoms with E-state index in [1.165, 1.54) is 6.07 Å². The van der Waals surface area contributed by atoms with E-state index in [-0.39, 0.29) is 77.3 Å². The van der Waals surface area contributed by atoms with Crippen LogP contribution in [0.15, 0.2) is 46.5 Å². The first-order valence-electron chi connectivity index (χ1n) is 19.8. The van der Waals surface area contributed by atoms with Gasteiger partial charge in [-0.15, -0.1) is 0 Å². The van der Waals surface area contributed by atoms with Gasteiger partial charge in [-0.05, 0) is 91.7 Å². The molecule has 10 nitrogen and oxygen atoms in total. The van der Waals surface area contributed by atoms with Gasteiger partial charge in [0.1, 0.15) is 17.1 Å². The molecule has 0 spiro atoms. The van der Waals surface area contributed by atoms with Gasteiger partial charge in [0.15, 0.2) is 11.4 Å². The fourth-order valence-electron chi connectivity index (χ4n) is 9.28. The number of likely N-dealkylation sites (tertiary alicyclic amines) is 1. The van der Waals surface area contributed by atoms with Gasteiger partial charge in [-0.3, -0.25) is 14.5 Å². The van der Waals surface area contributed by atoms with Crippen LogP contribution in [0.25, 0.3) is 5.76 Å². The second-order valence-corrected chi connectivity index (χ2v) is 15.8. The number of Topliss-reactive ketones (excluding diaryl/α,β-unsaturated/α-hetero) is 2. The maximum atomic E-state index is 15.6. The lowest BCUT2D eigenvalue weighted by Gasteiger charge is -2.48. The number of carbonyl (C=O) groups excluding carboxylic acids is 2. The Kier molecular flexibility index (Phi) is 10.1. The number of nitrogens with zero attached hydrogens (tertiary/aromatic N) is 2. The smallest absolute Gasteiger partial charge is 0.417 e. The van der Waals surface area contributed by atoms with E-state index in [1.54, 1.807) is 0 Å². The van der Waals surface area contributed by atoms with Gasteiger partial charge in [0.2, 0.25) is 11.6 Å². The van der Waals surface area contributed by atoms with Gasteiger partial charge in [-0.2, -0.15) is 13.2 Å². The number of benzene rings is 2. The summed E-state index contributed by atoms with van der Waals surface area (Å²) in [5.74, 6) is -4.62. The number of hydrogen-bond acceptors (Lipinski definition) is 10. The Hall–Kier alpha value is -4.20. The number of nitrogens with one attached hydrogen (secondary N) is 1. The highest BCUT2D eigenvalue weighted by atomic mass is 19.4. The van der Waals surface area contributed by atoms with Crippen molar-refractivity contribution >= 4 is 17.3 Å². The van der Waals surface area contributed by atoms with E-state index in [0.717, 1.165) is 31.2 Å². The molecule has 0 amide bonds. The Bertz CT molecular complexity index is 1990. The molecule has 3 fully saturated rings. The molecule has 0 radical (unpaired) electrons. The molecule has 2 heterocycles. The van der Waals surface area contributed by atoms with E-state index in [9.17, 15) is 19.8 Å². The van der Waals surface area contributed by atoms with Crippen LogP contribution in [0.2, 0.25) is 0 Å². The van der Waals surface area contributed by atoms with Crippen LogP contribution < -0.4 is 14.8 Å². The Morgan fingerprint density at radius 1 is 1.02 bits per heavy atom. The van der Waals surface area contributed by atoms with E-state index in [1.807, 2.05) is 44.2 Å². The van der Waals surface area contributed by atoms with Gasteiger partial charge in [0.25, 0.3) is 5.88 Å². The van der Waals surface area contributed by atoms with Crippen LogP contribution in [-0.4, -0.2) is 63.2 Å². The first-order valence-corrected chi connectivity index (χ1v) is 19.8. The maximum Gasteiger partial charge on any atom is 0.417 e. The van der Waals surface area contributed by atoms with Gasteiger partial charge < -0.3 is 29.5 Å². The van der Waals surface area contributed by atoms with Crippen molar-refractivity contribution in [2.24, 2.45) is 11.8 Å².